The molecule has 1 nitrogen and oxygen atoms in total. The maximum Gasteiger partial charge on any atom is 0.0830 e. The second-order valence-corrected chi connectivity index (χ2v) is 5.72. The van der Waals surface area contributed by atoms with Crippen molar-refractivity contribution in [2.75, 3.05) is 0 Å². The fourth-order valence-corrected chi connectivity index (χ4v) is 2.49. The van der Waals surface area contributed by atoms with Crippen LogP contribution in [0.5, 0.6) is 0 Å². The Morgan fingerprint density at radius 3 is 2.21 bits per heavy atom. The first-order valence-corrected chi connectivity index (χ1v) is 7.12. The topological polar surface area (TPSA) is 20.2 Å². The molecule has 0 aromatic heterocycles. The molecule has 0 aliphatic heterocycles. The third-order valence-corrected chi connectivity index (χ3v) is 3.96. The zero-order valence-corrected chi connectivity index (χ0v) is 11.5. The van der Waals surface area contributed by atoms with Crippen molar-refractivity contribution in [2.45, 2.75) is 31.3 Å². The summed E-state index contributed by atoms with van der Waals surface area (Å²) in [5.74, 6) is 0.766. The number of hydrogen-bond acceptors (Lipinski definition) is 1. The lowest BCUT2D eigenvalue weighted by Crippen LogP contribution is -2.01. The minimum absolute atomic E-state index is 0.450. The molecule has 1 fully saturated rings. The molecule has 0 heterocycles. The van der Waals surface area contributed by atoms with Gasteiger partial charge in [0.05, 0.1) is 6.10 Å². The van der Waals surface area contributed by atoms with Crippen molar-refractivity contribution in [3.8, 4) is 0 Å². The van der Waals surface area contributed by atoms with Crippen molar-refractivity contribution < 1.29 is 5.11 Å². The van der Waals surface area contributed by atoms with Gasteiger partial charge in [0.25, 0.3) is 0 Å². The normalized spacial score (nSPS) is 16.3. The number of halogens is 1. The third-order valence-electron chi connectivity index (χ3n) is 3.71. The SMILES string of the molecule is OC(Cc1ccc(Cl)cc1)c1ccc(C2CC2)cc1. The monoisotopic (exact) mass is 272 g/mol. The highest BCUT2D eigenvalue weighted by Gasteiger charge is 2.23. The van der Waals surface area contributed by atoms with Crippen LogP contribution in [0.25, 0.3) is 0 Å². The van der Waals surface area contributed by atoms with E-state index < -0.39 is 6.10 Å². The molecule has 0 spiro atoms. The predicted octanol–water partition coefficient (Wildman–Crippen LogP) is 4.49. The van der Waals surface area contributed by atoms with Crippen LogP contribution in [-0.2, 0) is 6.42 Å². The first kappa shape index (κ1) is 12.7. The zero-order chi connectivity index (χ0) is 13.2. The Bertz CT molecular complexity index is 540. The predicted molar refractivity (Wildman–Crippen MR) is 78.5 cm³/mol. The van der Waals surface area contributed by atoms with Crippen molar-refractivity contribution in [1.82, 2.24) is 0 Å². The summed E-state index contributed by atoms with van der Waals surface area (Å²) in [7, 11) is 0. The van der Waals surface area contributed by atoms with Crippen LogP contribution in [0.1, 0.15) is 41.6 Å². The molecule has 2 heteroatoms. The van der Waals surface area contributed by atoms with Crippen molar-refractivity contribution >= 4 is 11.6 Å². The van der Waals surface area contributed by atoms with Crippen molar-refractivity contribution in [2.24, 2.45) is 0 Å². The highest BCUT2D eigenvalue weighted by atomic mass is 35.5. The molecule has 1 unspecified atom stereocenters. The molecule has 19 heavy (non-hydrogen) atoms. The van der Waals surface area contributed by atoms with E-state index in [2.05, 4.69) is 12.1 Å². The van der Waals surface area contributed by atoms with Gasteiger partial charge in [-0.05, 0) is 47.6 Å². The largest absolute Gasteiger partial charge is 0.388 e. The Morgan fingerprint density at radius 1 is 1.00 bits per heavy atom. The molecule has 1 saturated carbocycles. The molecule has 3 rings (SSSR count). The van der Waals surface area contributed by atoms with Crippen molar-refractivity contribution in [3.05, 3.63) is 70.2 Å². The Balaban J connectivity index is 1.68. The van der Waals surface area contributed by atoms with Gasteiger partial charge in [-0.25, -0.2) is 0 Å². The maximum atomic E-state index is 10.3. The van der Waals surface area contributed by atoms with Crippen molar-refractivity contribution in [1.29, 1.82) is 0 Å². The van der Waals surface area contributed by atoms with E-state index in [0.29, 0.717) is 6.42 Å². The molecule has 1 atom stereocenters. The van der Waals surface area contributed by atoms with E-state index in [1.54, 1.807) is 0 Å². The zero-order valence-electron chi connectivity index (χ0n) is 10.7. The van der Waals surface area contributed by atoms with Crippen LogP contribution in [0, 0.1) is 0 Å². The van der Waals surface area contributed by atoms with Gasteiger partial charge in [0.15, 0.2) is 0 Å². The Morgan fingerprint density at radius 2 is 1.63 bits per heavy atom. The summed E-state index contributed by atoms with van der Waals surface area (Å²) in [6.45, 7) is 0. The molecular formula is C17H17ClO. The summed E-state index contributed by atoms with van der Waals surface area (Å²) in [4.78, 5) is 0. The Kier molecular flexibility index (Phi) is 3.58. The van der Waals surface area contributed by atoms with Crippen LogP contribution in [0.15, 0.2) is 48.5 Å². The van der Waals surface area contributed by atoms with Gasteiger partial charge in [-0.3, -0.25) is 0 Å². The van der Waals surface area contributed by atoms with E-state index in [9.17, 15) is 5.11 Å². The van der Waals surface area contributed by atoms with Crippen LogP contribution >= 0.6 is 11.6 Å². The molecule has 2 aromatic rings. The Hall–Kier alpha value is -1.31. The van der Waals surface area contributed by atoms with Gasteiger partial charge in [0.2, 0.25) is 0 Å². The van der Waals surface area contributed by atoms with E-state index in [4.69, 9.17) is 11.6 Å². The summed E-state index contributed by atoms with van der Waals surface area (Å²) in [6, 6.07) is 16.0. The number of aliphatic hydroxyl groups excluding tert-OH is 1. The van der Waals surface area contributed by atoms with Gasteiger partial charge in [0, 0.05) is 11.4 Å². The lowest BCUT2D eigenvalue weighted by Gasteiger charge is -2.12. The molecule has 98 valence electrons. The summed E-state index contributed by atoms with van der Waals surface area (Å²) >= 11 is 5.86. The Labute approximate surface area is 118 Å². The highest BCUT2D eigenvalue weighted by Crippen LogP contribution is 2.40. The van der Waals surface area contributed by atoms with Gasteiger partial charge < -0.3 is 5.11 Å². The summed E-state index contributed by atoms with van der Waals surface area (Å²) in [5, 5.41) is 11.0. The fraction of sp³-hybridized carbons (Fsp3) is 0.294. The second kappa shape index (κ2) is 5.36. The van der Waals surface area contributed by atoms with Crippen molar-refractivity contribution in [3.63, 3.8) is 0 Å². The molecule has 1 aliphatic carbocycles. The van der Waals surface area contributed by atoms with E-state index in [-0.39, 0.29) is 0 Å². The molecule has 1 aliphatic rings. The first-order chi connectivity index (χ1) is 9.22. The van der Waals surface area contributed by atoms with E-state index in [1.165, 1.54) is 18.4 Å². The molecule has 2 aromatic carbocycles. The average molecular weight is 273 g/mol. The van der Waals surface area contributed by atoms with Gasteiger partial charge in [-0.1, -0.05) is 48.0 Å². The lowest BCUT2D eigenvalue weighted by atomic mass is 9.99. The molecule has 0 saturated heterocycles. The quantitative estimate of drug-likeness (QED) is 0.869. The van der Waals surface area contributed by atoms with Gasteiger partial charge in [0.1, 0.15) is 0 Å². The van der Waals surface area contributed by atoms with Crippen LogP contribution in [-0.4, -0.2) is 5.11 Å². The summed E-state index contributed by atoms with van der Waals surface area (Å²) in [6.07, 6.45) is 2.80. The standard InChI is InChI=1S/C17H17ClO/c18-16-9-1-12(2-10-16)11-17(19)15-7-5-14(6-8-15)13-3-4-13/h1-2,5-10,13,17,19H,3-4,11H2. The molecule has 0 amide bonds. The number of aliphatic hydroxyl groups is 1. The van der Waals surface area contributed by atoms with Gasteiger partial charge in [-0.15, -0.1) is 0 Å². The second-order valence-electron chi connectivity index (χ2n) is 5.29. The van der Waals surface area contributed by atoms with Crippen LogP contribution in [0.4, 0.5) is 0 Å². The molecule has 0 bridgehead atoms. The highest BCUT2D eigenvalue weighted by molar-refractivity contribution is 6.30. The van der Waals surface area contributed by atoms with E-state index in [1.807, 2.05) is 36.4 Å². The third kappa shape index (κ3) is 3.17. The summed E-state index contributed by atoms with van der Waals surface area (Å²) < 4.78 is 0. The van der Waals surface area contributed by atoms with Gasteiger partial charge >= 0.3 is 0 Å². The summed E-state index contributed by atoms with van der Waals surface area (Å²) in [5.41, 5.74) is 3.49. The maximum absolute atomic E-state index is 10.3. The molecule has 1 N–H and O–H groups in total. The number of rotatable bonds is 4. The van der Waals surface area contributed by atoms with Gasteiger partial charge in [-0.2, -0.15) is 0 Å². The molecular weight excluding hydrogens is 256 g/mol. The minimum atomic E-state index is -0.450. The average Bonchev–Trinajstić information content (AvgIpc) is 3.26. The fourth-order valence-electron chi connectivity index (χ4n) is 2.37. The molecule has 0 radical (unpaired) electrons. The minimum Gasteiger partial charge on any atom is -0.388 e. The number of benzene rings is 2. The van der Waals surface area contributed by atoms with E-state index >= 15 is 0 Å². The first-order valence-electron chi connectivity index (χ1n) is 6.75. The van der Waals surface area contributed by atoms with E-state index in [0.717, 1.165) is 22.1 Å². The smallest absolute Gasteiger partial charge is 0.0830 e. The number of hydrogen-bond donors (Lipinski definition) is 1. The van der Waals surface area contributed by atoms with Crippen LogP contribution < -0.4 is 0 Å². The lowest BCUT2D eigenvalue weighted by molar-refractivity contribution is 0.178. The van der Waals surface area contributed by atoms with Crippen LogP contribution in [0.2, 0.25) is 5.02 Å². The van der Waals surface area contributed by atoms with Crippen LogP contribution in [0.3, 0.4) is 0 Å².